The lowest BCUT2D eigenvalue weighted by atomic mass is 10.3. The highest BCUT2D eigenvalue weighted by molar-refractivity contribution is 5.19. The van der Waals surface area contributed by atoms with Crippen LogP contribution in [0.2, 0.25) is 0 Å². The van der Waals surface area contributed by atoms with Gasteiger partial charge in [-0.1, -0.05) is 18.2 Å². The molecule has 0 aromatic heterocycles. The second-order valence-electron chi connectivity index (χ2n) is 1.99. The van der Waals surface area contributed by atoms with Gasteiger partial charge in [0.05, 0.1) is 0 Å². The molecule has 0 aliphatic rings. The largest absolute Gasteiger partial charge is 0.403 e. The van der Waals surface area contributed by atoms with Gasteiger partial charge in [-0.05, 0) is 12.1 Å². The minimum Gasteiger partial charge on any atom is -0.403 e. The van der Waals surface area contributed by atoms with Crippen molar-refractivity contribution in [3.05, 3.63) is 36.2 Å². The van der Waals surface area contributed by atoms with E-state index in [1.165, 1.54) is 0 Å². The Morgan fingerprint density at radius 1 is 1.36 bits per heavy atom. The summed E-state index contributed by atoms with van der Waals surface area (Å²) < 4.78 is 0. The van der Waals surface area contributed by atoms with Crippen molar-refractivity contribution in [3.8, 4) is 5.75 Å². The number of benzene rings is 1. The molecule has 0 fully saturated rings. The van der Waals surface area contributed by atoms with Gasteiger partial charge >= 0.3 is 0 Å². The molecule has 4 heteroatoms. The van der Waals surface area contributed by atoms with E-state index in [1.54, 1.807) is 19.2 Å². The van der Waals surface area contributed by atoms with Crippen LogP contribution in [0.5, 0.6) is 5.75 Å². The van der Waals surface area contributed by atoms with Gasteiger partial charge in [0.15, 0.2) is 5.75 Å². The van der Waals surface area contributed by atoms with Crippen LogP contribution >= 0.6 is 0 Å². The third kappa shape index (κ3) is 2.55. The van der Waals surface area contributed by atoms with Gasteiger partial charge < -0.3 is 10.7 Å². The van der Waals surface area contributed by atoms with E-state index in [1.807, 2.05) is 18.2 Å². The van der Waals surface area contributed by atoms with Gasteiger partial charge in [0.1, 0.15) is 0 Å². The molecule has 11 heavy (non-hydrogen) atoms. The summed E-state index contributed by atoms with van der Waals surface area (Å²) >= 11 is 0. The van der Waals surface area contributed by atoms with Gasteiger partial charge in [-0.15, -0.1) is 10.7 Å². The molecular formula is C7H11N3O. The maximum absolute atomic E-state index is 7.14. The van der Waals surface area contributed by atoms with E-state index in [2.05, 4.69) is 5.43 Å². The van der Waals surface area contributed by atoms with Crippen molar-refractivity contribution in [2.45, 2.75) is 0 Å². The van der Waals surface area contributed by atoms with Crippen molar-refractivity contribution < 1.29 is 10.1 Å². The topological polar surface area (TPSA) is 49.5 Å². The molecule has 1 unspecified atom stereocenters. The summed E-state index contributed by atoms with van der Waals surface area (Å²) in [5.41, 5.74) is 2.57. The molecule has 4 nitrogen and oxygen atoms in total. The second-order valence-corrected chi connectivity index (χ2v) is 1.99. The van der Waals surface area contributed by atoms with Crippen molar-refractivity contribution in [1.82, 2.24) is 5.43 Å². The quantitative estimate of drug-likeness (QED) is 0.599. The summed E-state index contributed by atoms with van der Waals surface area (Å²) in [6.07, 6.45) is 0. The minimum absolute atomic E-state index is 0.0520. The van der Waals surface area contributed by atoms with E-state index in [-0.39, 0.29) is 5.28 Å². The molecule has 0 saturated heterocycles. The molecule has 0 spiro atoms. The van der Waals surface area contributed by atoms with Gasteiger partial charge in [-0.25, -0.2) is 0 Å². The number of nitrogens with one attached hydrogen (secondary N) is 3. The fourth-order valence-corrected chi connectivity index (χ4v) is 0.657. The first-order chi connectivity index (χ1) is 5.33. The van der Waals surface area contributed by atoms with Crippen molar-refractivity contribution in [1.29, 1.82) is 0 Å². The lowest BCUT2D eigenvalue weighted by molar-refractivity contribution is -1.06. The predicted octanol–water partition coefficient (Wildman–Crippen LogP) is -0.0331. The summed E-state index contributed by atoms with van der Waals surface area (Å²) in [6, 6.07) is 9.21. The maximum atomic E-state index is 7.14. The molecule has 1 rings (SSSR count). The number of para-hydroxylation sites is 1. The Balaban J connectivity index is 2.51. The van der Waals surface area contributed by atoms with Crippen LogP contribution in [0.3, 0.4) is 0 Å². The standard InChI is InChI=1S/C7H11N3O/c1-9-10(8)11-7-5-3-2-4-6-7/h2-6,8-10H,1H3. The Morgan fingerprint density at radius 2 is 2.00 bits per heavy atom. The Hall–Kier alpha value is -1.10. The van der Waals surface area contributed by atoms with E-state index >= 15 is 0 Å². The van der Waals surface area contributed by atoms with Crippen molar-refractivity contribution in [3.63, 3.8) is 0 Å². The van der Waals surface area contributed by atoms with Crippen LogP contribution in [0.25, 0.3) is 5.84 Å². The van der Waals surface area contributed by atoms with E-state index in [4.69, 9.17) is 10.7 Å². The minimum atomic E-state index is 0.0520. The van der Waals surface area contributed by atoms with Crippen LogP contribution in [-0.4, -0.2) is 7.05 Å². The molecule has 0 bridgehead atoms. The van der Waals surface area contributed by atoms with Gasteiger partial charge in [0, 0.05) is 7.05 Å². The fourth-order valence-electron chi connectivity index (χ4n) is 0.657. The predicted molar refractivity (Wildman–Crippen MR) is 41.4 cm³/mol. The van der Waals surface area contributed by atoms with Crippen LogP contribution in [0.15, 0.2) is 30.3 Å². The fraction of sp³-hybridized carbons (Fsp3) is 0.143. The molecule has 0 aliphatic carbocycles. The zero-order valence-corrected chi connectivity index (χ0v) is 6.29. The average Bonchev–Trinajstić information content (AvgIpc) is 2.06. The summed E-state index contributed by atoms with van der Waals surface area (Å²) in [4.78, 5) is 5.04. The monoisotopic (exact) mass is 153 g/mol. The zero-order valence-electron chi connectivity index (χ0n) is 6.29. The molecule has 1 aromatic carbocycles. The van der Waals surface area contributed by atoms with Crippen LogP contribution in [0, 0.1) is 0 Å². The molecule has 0 saturated carbocycles. The van der Waals surface area contributed by atoms with Crippen LogP contribution in [-0.2, 0) is 0 Å². The Morgan fingerprint density at radius 3 is 2.55 bits per heavy atom. The molecule has 0 aliphatic heterocycles. The molecule has 1 atom stereocenters. The smallest absolute Gasteiger partial charge is 0.191 e. The van der Waals surface area contributed by atoms with Crippen molar-refractivity contribution >= 4 is 0 Å². The number of hydrogen-bond donors (Lipinski definition) is 2. The molecule has 0 heterocycles. The number of hydrogen-bond acceptors (Lipinski definition) is 2. The molecule has 3 N–H and O–H groups in total. The summed E-state index contributed by atoms with van der Waals surface area (Å²) in [7, 11) is 1.64. The van der Waals surface area contributed by atoms with Crippen molar-refractivity contribution in [2.24, 2.45) is 0 Å². The summed E-state index contributed by atoms with van der Waals surface area (Å²) in [6.45, 7) is 0. The molecular weight excluding hydrogens is 142 g/mol. The first kappa shape index (κ1) is 8.00. The summed E-state index contributed by atoms with van der Waals surface area (Å²) in [5.74, 6) is 7.81. The third-order valence-corrected chi connectivity index (χ3v) is 1.19. The second kappa shape index (κ2) is 3.92. The van der Waals surface area contributed by atoms with E-state index in [0.717, 1.165) is 0 Å². The zero-order chi connectivity index (χ0) is 8.10. The lowest BCUT2D eigenvalue weighted by Gasteiger charge is -2.16. The first-order valence-corrected chi connectivity index (χ1v) is 3.32. The number of rotatable bonds is 3. The van der Waals surface area contributed by atoms with Crippen molar-refractivity contribution in [2.75, 3.05) is 7.05 Å². The highest BCUT2D eigenvalue weighted by atomic mass is 16.7. The number of quaternary nitrogens is 1. The third-order valence-electron chi connectivity index (χ3n) is 1.19. The highest BCUT2D eigenvalue weighted by Crippen LogP contribution is 2.04. The van der Waals surface area contributed by atoms with Gasteiger partial charge in [-0.2, -0.15) is 0 Å². The van der Waals surface area contributed by atoms with E-state index in [9.17, 15) is 0 Å². The van der Waals surface area contributed by atoms with Gasteiger partial charge in [0.25, 0.3) is 0 Å². The molecule has 60 valence electrons. The SMILES string of the molecule is CN[NH+]([NH-])Oc1ccccc1. The Kier molecular flexibility index (Phi) is 2.85. The van der Waals surface area contributed by atoms with E-state index < -0.39 is 0 Å². The average molecular weight is 153 g/mol. The van der Waals surface area contributed by atoms with E-state index in [0.29, 0.717) is 5.75 Å². The van der Waals surface area contributed by atoms with Gasteiger partial charge in [-0.3, -0.25) is 0 Å². The first-order valence-electron chi connectivity index (χ1n) is 3.32. The lowest BCUT2D eigenvalue weighted by Crippen LogP contribution is -3.14. The molecule has 0 amide bonds. The Labute approximate surface area is 65.5 Å². The Bertz CT molecular complexity index is 202. The van der Waals surface area contributed by atoms with Gasteiger partial charge in [0.2, 0.25) is 0 Å². The van der Waals surface area contributed by atoms with Crippen LogP contribution in [0.1, 0.15) is 0 Å². The van der Waals surface area contributed by atoms with Crippen LogP contribution in [0.4, 0.5) is 0 Å². The normalized spacial score (nSPS) is 12.5. The van der Waals surface area contributed by atoms with Crippen LogP contribution < -0.4 is 15.5 Å². The molecule has 0 radical (unpaired) electrons. The highest BCUT2D eigenvalue weighted by Gasteiger charge is 1.94. The summed E-state index contributed by atoms with van der Waals surface area (Å²) in [5, 5.41) is 0.0520. The molecule has 1 aromatic rings. The maximum Gasteiger partial charge on any atom is 0.191 e.